The maximum absolute atomic E-state index is 12.4. The zero-order valence-corrected chi connectivity index (χ0v) is 11.2. The van der Waals surface area contributed by atoms with Crippen molar-refractivity contribution in [3.63, 3.8) is 0 Å². The molecule has 0 spiro atoms. The van der Waals surface area contributed by atoms with Crippen molar-refractivity contribution in [2.24, 2.45) is 5.10 Å². The second-order valence-corrected chi connectivity index (χ2v) is 4.62. The Labute approximate surface area is 108 Å². The summed E-state index contributed by atoms with van der Waals surface area (Å²) in [6.07, 6.45) is 2.08. The van der Waals surface area contributed by atoms with E-state index in [9.17, 15) is 4.79 Å². The Bertz CT molecular complexity index is 480. The van der Waals surface area contributed by atoms with Crippen LogP contribution in [0, 0.1) is 0 Å². The van der Waals surface area contributed by atoms with Crippen LogP contribution < -0.4 is 4.90 Å². The summed E-state index contributed by atoms with van der Waals surface area (Å²) in [5, 5.41) is 5.99. The second kappa shape index (κ2) is 5.21. The van der Waals surface area contributed by atoms with Crippen molar-refractivity contribution in [1.82, 2.24) is 5.01 Å². The normalized spacial score (nSPS) is 16.3. The van der Waals surface area contributed by atoms with Gasteiger partial charge in [-0.25, -0.2) is 0 Å². The fraction of sp³-hybridized carbons (Fsp3) is 0.429. The van der Waals surface area contributed by atoms with E-state index in [0.29, 0.717) is 5.71 Å². The number of hydrogen-bond acceptors (Lipinski definition) is 3. The molecule has 0 aliphatic carbocycles. The maximum atomic E-state index is 12.4. The summed E-state index contributed by atoms with van der Waals surface area (Å²) < 4.78 is 0. The average molecular weight is 245 g/mol. The second-order valence-electron chi connectivity index (χ2n) is 4.62. The lowest BCUT2D eigenvalue weighted by atomic mass is 10.1. The van der Waals surface area contributed by atoms with E-state index >= 15 is 0 Å². The van der Waals surface area contributed by atoms with Crippen molar-refractivity contribution in [2.75, 3.05) is 25.5 Å². The minimum absolute atomic E-state index is 0.0124. The van der Waals surface area contributed by atoms with E-state index in [4.69, 9.17) is 0 Å². The molecule has 0 fully saturated rings. The summed E-state index contributed by atoms with van der Waals surface area (Å²) in [7, 11) is 3.66. The summed E-state index contributed by atoms with van der Waals surface area (Å²) in [6.45, 7) is 2.89. The average Bonchev–Trinajstić information content (AvgIpc) is 2.60. The standard InChI is InChI=1S/C14H19N3O/c1-4-5-10-17-12-9-7-6-8-11(12)13(14(17)18)15-16(2)3/h6-9H,4-5,10H2,1-3H3. The van der Waals surface area contributed by atoms with E-state index < -0.39 is 0 Å². The van der Waals surface area contributed by atoms with E-state index in [1.54, 1.807) is 5.01 Å². The lowest BCUT2D eigenvalue weighted by Gasteiger charge is -2.15. The van der Waals surface area contributed by atoms with Gasteiger partial charge in [0.05, 0.1) is 5.69 Å². The van der Waals surface area contributed by atoms with Crippen molar-refractivity contribution < 1.29 is 4.79 Å². The number of nitrogens with zero attached hydrogens (tertiary/aromatic N) is 3. The smallest absolute Gasteiger partial charge is 0.279 e. The highest BCUT2D eigenvalue weighted by molar-refractivity contribution is 6.54. The van der Waals surface area contributed by atoms with Gasteiger partial charge >= 0.3 is 0 Å². The van der Waals surface area contributed by atoms with Crippen LogP contribution in [-0.2, 0) is 4.79 Å². The van der Waals surface area contributed by atoms with Crippen LogP contribution in [0.2, 0.25) is 0 Å². The number of hydrazone groups is 1. The number of hydrogen-bond donors (Lipinski definition) is 0. The molecule has 0 atom stereocenters. The molecule has 0 saturated heterocycles. The van der Waals surface area contributed by atoms with Gasteiger partial charge in [0, 0.05) is 26.2 Å². The number of amides is 1. The van der Waals surface area contributed by atoms with Crippen LogP contribution in [-0.4, -0.2) is 37.3 Å². The molecule has 1 aromatic rings. The van der Waals surface area contributed by atoms with Crippen LogP contribution in [0.25, 0.3) is 0 Å². The molecule has 1 aliphatic rings. The molecule has 4 heteroatoms. The topological polar surface area (TPSA) is 35.9 Å². The molecule has 0 unspecified atom stereocenters. The minimum atomic E-state index is 0.0124. The van der Waals surface area contributed by atoms with Crippen molar-refractivity contribution >= 4 is 17.3 Å². The fourth-order valence-corrected chi connectivity index (χ4v) is 2.10. The molecule has 96 valence electrons. The van der Waals surface area contributed by atoms with Gasteiger partial charge in [-0.05, 0) is 12.5 Å². The van der Waals surface area contributed by atoms with Crippen molar-refractivity contribution in [2.45, 2.75) is 19.8 Å². The molecule has 4 nitrogen and oxygen atoms in total. The van der Waals surface area contributed by atoms with Crippen molar-refractivity contribution in [1.29, 1.82) is 0 Å². The van der Waals surface area contributed by atoms with E-state index in [1.807, 2.05) is 43.3 Å². The quantitative estimate of drug-likeness (QED) is 0.762. The molecular formula is C14H19N3O. The molecule has 0 bridgehead atoms. The van der Waals surface area contributed by atoms with E-state index in [2.05, 4.69) is 12.0 Å². The van der Waals surface area contributed by atoms with Crippen LogP contribution >= 0.6 is 0 Å². The van der Waals surface area contributed by atoms with Gasteiger partial charge in [-0.2, -0.15) is 5.10 Å². The van der Waals surface area contributed by atoms with Gasteiger partial charge in [-0.15, -0.1) is 0 Å². The van der Waals surface area contributed by atoms with E-state index in [1.165, 1.54) is 0 Å². The van der Waals surface area contributed by atoms with Gasteiger partial charge in [-0.3, -0.25) is 4.79 Å². The Kier molecular flexibility index (Phi) is 3.65. The van der Waals surface area contributed by atoms with Gasteiger partial charge in [0.15, 0.2) is 5.71 Å². The number of unbranched alkanes of at least 4 members (excludes halogenated alkanes) is 1. The number of anilines is 1. The Morgan fingerprint density at radius 2 is 2.00 bits per heavy atom. The first-order valence-corrected chi connectivity index (χ1v) is 6.32. The van der Waals surface area contributed by atoms with Crippen molar-refractivity contribution in [3.05, 3.63) is 29.8 Å². The van der Waals surface area contributed by atoms with Gasteiger partial charge in [0.2, 0.25) is 0 Å². The van der Waals surface area contributed by atoms with Crippen LogP contribution in [0.4, 0.5) is 5.69 Å². The highest BCUT2D eigenvalue weighted by atomic mass is 16.2. The number of para-hydroxylation sites is 1. The first kappa shape index (κ1) is 12.6. The number of carbonyl (C=O) groups excluding carboxylic acids is 1. The summed E-state index contributed by atoms with van der Waals surface area (Å²) in [6, 6.07) is 7.85. The van der Waals surface area contributed by atoms with Crippen molar-refractivity contribution in [3.8, 4) is 0 Å². The van der Waals surface area contributed by atoms with E-state index in [-0.39, 0.29) is 5.91 Å². The third-order valence-electron chi connectivity index (χ3n) is 2.93. The number of carbonyl (C=O) groups is 1. The molecule has 1 aliphatic heterocycles. The van der Waals surface area contributed by atoms with E-state index in [0.717, 1.165) is 30.6 Å². The summed E-state index contributed by atoms with van der Waals surface area (Å²) in [4.78, 5) is 14.2. The molecule has 0 saturated carbocycles. The third-order valence-corrected chi connectivity index (χ3v) is 2.93. The predicted molar refractivity (Wildman–Crippen MR) is 73.9 cm³/mol. The zero-order chi connectivity index (χ0) is 13.1. The molecule has 0 N–H and O–H groups in total. The largest absolute Gasteiger partial charge is 0.306 e. The third kappa shape index (κ3) is 2.23. The van der Waals surface area contributed by atoms with Crippen LogP contribution in [0.3, 0.4) is 0 Å². The Morgan fingerprint density at radius 3 is 2.67 bits per heavy atom. The first-order chi connectivity index (χ1) is 8.65. The fourth-order valence-electron chi connectivity index (χ4n) is 2.10. The number of rotatable bonds is 4. The van der Waals surface area contributed by atoms with Crippen LogP contribution in [0.1, 0.15) is 25.3 Å². The minimum Gasteiger partial charge on any atom is -0.306 e. The zero-order valence-electron chi connectivity index (χ0n) is 11.2. The highest BCUT2D eigenvalue weighted by Gasteiger charge is 2.33. The highest BCUT2D eigenvalue weighted by Crippen LogP contribution is 2.29. The molecule has 1 aromatic carbocycles. The molecule has 2 rings (SSSR count). The first-order valence-electron chi connectivity index (χ1n) is 6.32. The van der Waals surface area contributed by atoms with Crippen LogP contribution in [0.15, 0.2) is 29.4 Å². The summed E-state index contributed by atoms with van der Waals surface area (Å²) >= 11 is 0. The molecule has 1 amide bonds. The maximum Gasteiger partial charge on any atom is 0.279 e. The SMILES string of the molecule is CCCCN1C(=O)C(=NN(C)C)c2ccccc21. The van der Waals surface area contributed by atoms with Gasteiger partial charge in [-0.1, -0.05) is 31.5 Å². The Balaban J connectivity index is 2.40. The molecule has 18 heavy (non-hydrogen) atoms. The van der Waals surface area contributed by atoms with Gasteiger partial charge < -0.3 is 9.91 Å². The lowest BCUT2D eigenvalue weighted by molar-refractivity contribution is -0.112. The lowest BCUT2D eigenvalue weighted by Crippen LogP contribution is -2.31. The molecular weight excluding hydrogens is 226 g/mol. The summed E-state index contributed by atoms with van der Waals surface area (Å²) in [5.41, 5.74) is 2.47. The molecule has 1 heterocycles. The number of benzene rings is 1. The van der Waals surface area contributed by atoms with Gasteiger partial charge in [0.1, 0.15) is 0 Å². The monoisotopic (exact) mass is 245 g/mol. The number of fused-ring (bicyclic) bond motifs is 1. The summed E-state index contributed by atoms with van der Waals surface area (Å²) in [5.74, 6) is 0.0124. The van der Waals surface area contributed by atoms with Crippen LogP contribution in [0.5, 0.6) is 0 Å². The predicted octanol–water partition coefficient (Wildman–Crippen LogP) is 2.10. The Morgan fingerprint density at radius 1 is 1.28 bits per heavy atom. The Hall–Kier alpha value is -1.84. The molecule has 0 radical (unpaired) electrons. The van der Waals surface area contributed by atoms with Gasteiger partial charge in [0.25, 0.3) is 5.91 Å². The molecule has 0 aromatic heterocycles.